The molecule has 1 N–H and O–H groups in total. The van der Waals surface area contributed by atoms with Crippen LogP contribution in [0.2, 0.25) is 0 Å². The van der Waals surface area contributed by atoms with Crippen LogP contribution >= 0.6 is 11.8 Å². The van der Waals surface area contributed by atoms with Gasteiger partial charge in [0.15, 0.2) is 5.12 Å². The molecule has 0 bridgehead atoms. The average Bonchev–Trinajstić information content (AvgIpc) is 2.56. The number of hydrogen-bond donors (Lipinski definition) is 1. The van der Waals surface area contributed by atoms with Crippen molar-refractivity contribution < 1.29 is 23.9 Å². The first-order valence-electron chi connectivity index (χ1n) is 8.57. The number of nitrogens with one attached hydrogen (secondary N) is 1. The fourth-order valence-corrected chi connectivity index (χ4v) is 2.61. The van der Waals surface area contributed by atoms with E-state index < -0.39 is 23.7 Å². The molecule has 1 rings (SSSR count). The molecule has 0 spiro atoms. The standard InChI is InChI=1S/C19H27NO5S/c1-5-26-16(21)12-11-15(20-18(23)25-19(2,3)4)17(22)24-13-14-9-7-6-8-10-14/h6-10,15H,5,11-13H2,1-4H3,(H,20,23)/t15-/m0/s1. The first-order chi connectivity index (χ1) is 12.2. The van der Waals surface area contributed by atoms with Crippen LogP contribution in [0.3, 0.4) is 0 Å². The van der Waals surface area contributed by atoms with Crippen molar-refractivity contribution in [2.45, 2.75) is 58.8 Å². The minimum Gasteiger partial charge on any atom is -0.459 e. The second-order valence-electron chi connectivity index (χ2n) is 6.64. The third-order valence-electron chi connectivity index (χ3n) is 3.14. The van der Waals surface area contributed by atoms with Gasteiger partial charge in [-0.25, -0.2) is 9.59 Å². The molecule has 0 saturated heterocycles. The lowest BCUT2D eigenvalue weighted by Gasteiger charge is -2.23. The van der Waals surface area contributed by atoms with Gasteiger partial charge in [0, 0.05) is 6.42 Å². The summed E-state index contributed by atoms with van der Waals surface area (Å²) in [5, 5.41) is 2.48. The smallest absolute Gasteiger partial charge is 0.408 e. The van der Waals surface area contributed by atoms with E-state index >= 15 is 0 Å². The minimum atomic E-state index is -0.935. The quantitative estimate of drug-likeness (QED) is 0.692. The maximum atomic E-state index is 12.4. The summed E-state index contributed by atoms with van der Waals surface area (Å²) in [6.07, 6.45) is -0.382. The van der Waals surface area contributed by atoms with Gasteiger partial charge in [0.25, 0.3) is 0 Å². The Morgan fingerprint density at radius 1 is 1.15 bits per heavy atom. The fraction of sp³-hybridized carbons (Fsp3) is 0.526. The molecule has 1 aromatic rings. The van der Waals surface area contributed by atoms with Crippen LogP contribution in [0.15, 0.2) is 30.3 Å². The molecular formula is C19H27NO5S. The van der Waals surface area contributed by atoms with Gasteiger partial charge in [-0.15, -0.1) is 0 Å². The molecule has 0 aliphatic rings. The van der Waals surface area contributed by atoms with Crippen LogP contribution in [0.5, 0.6) is 0 Å². The van der Waals surface area contributed by atoms with Gasteiger partial charge >= 0.3 is 12.1 Å². The molecule has 7 heteroatoms. The summed E-state index contributed by atoms with van der Waals surface area (Å²) in [6, 6.07) is 8.31. The number of hydrogen-bond acceptors (Lipinski definition) is 6. The van der Waals surface area contributed by atoms with Gasteiger partial charge in [-0.3, -0.25) is 4.79 Å². The van der Waals surface area contributed by atoms with Gasteiger partial charge < -0.3 is 14.8 Å². The van der Waals surface area contributed by atoms with E-state index in [0.29, 0.717) is 5.75 Å². The molecule has 0 radical (unpaired) electrons. The third-order valence-corrected chi connectivity index (χ3v) is 3.96. The van der Waals surface area contributed by atoms with E-state index in [1.54, 1.807) is 20.8 Å². The van der Waals surface area contributed by atoms with E-state index in [2.05, 4.69) is 5.32 Å². The second kappa shape index (κ2) is 10.9. The monoisotopic (exact) mass is 381 g/mol. The Morgan fingerprint density at radius 2 is 1.81 bits per heavy atom. The molecule has 0 aromatic heterocycles. The van der Waals surface area contributed by atoms with Crippen molar-refractivity contribution in [2.75, 3.05) is 5.75 Å². The molecule has 0 aliphatic heterocycles. The summed E-state index contributed by atoms with van der Waals surface area (Å²) in [5.74, 6) is 0.0792. The Hall–Kier alpha value is -2.02. The number of carbonyl (C=O) groups is 3. The molecule has 1 atom stereocenters. The molecule has 0 aliphatic carbocycles. The molecule has 1 aromatic carbocycles. The predicted molar refractivity (Wildman–Crippen MR) is 102 cm³/mol. The van der Waals surface area contributed by atoms with Crippen LogP contribution in [0.4, 0.5) is 4.79 Å². The summed E-state index contributed by atoms with van der Waals surface area (Å²) >= 11 is 1.19. The maximum absolute atomic E-state index is 12.4. The van der Waals surface area contributed by atoms with Gasteiger partial charge in [0.1, 0.15) is 18.2 Å². The summed E-state index contributed by atoms with van der Waals surface area (Å²) in [5.41, 5.74) is 0.158. The van der Waals surface area contributed by atoms with E-state index in [1.165, 1.54) is 11.8 Å². The highest BCUT2D eigenvalue weighted by molar-refractivity contribution is 8.13. The van der Waals surface area contributed by atoms with Crippen LogP contribution in [-0.4, -0.2) is 34.6 Å². The van der Waals surface area contributed by atoms with E-state index in [4.69, 9.17) is 9.47 Å². The summed E-state index contributed by atoms with van der Waals surface area (Å²) in [4.78, 5) is 36.1. The molecule has 0 unspecified atom stereocenters. The summed E-state index contributed by atoms with van der Waals surface area (Å²) in [6.45, 7) is 7.18. The normalized spacial score (nSPS) is 12.2. The first kappa shape index (κ1) is 22.0. The Balaban J connectivity index is 2.66. The Bertz CT molecular complexity index is 598. The Kier molecular flexibility index (Phi) is 9.19. The van der Waals surface area contributed by atoms with Gasteiger partial charge in [-0.2, -0.15) is 0 Å². The maximum Gasteiger partial charge on any atom is 0.408 e. The van der Waals surface area contributed by atoms with Crippen molar-refractivity contribution in [3.63, 3.8) is 0 Å². The van der Waals surface area contributed by atoms with Gasteiger partial charge in [-0.1, -0.05) is 49.0 Å². The zero-order chi connectivity index (χ0) is 19.6. The van der Waals surface area contributed by atoms with Crippen molar-refractivity contribution in [2.24, 2.45) is 0 Å². The molecule has 0 heterocycles. The lowest BCUT2D eigenvalue weighted by molar-refractivity contribution is -0.147. The SMILES string of the molecule is CCSC(=O)CC[C@H](NC(=O)OC(C)(C)C)C(=O)OCc1ccccc1. The van der Waals surface area contributed by atoms with Crippen LogP contribution in [0.1, 0.15) is 46.1 Å². The van der Waals surface area contributed by atoms with Crippen molar-refractivity contribution in [1.29, 1.82) is 0 Å². The van der Waals surface area contributed by atoms with E-state index in [1.807, 2.05) is 37.3 Å². The summed E-state index contributed by atoms with van der Waals surface area (Å²) in [7, 11) is 0. The molecule has 0 fully saturated rings. The van der Waals surface area contributed by atoms with Crippen LogP contribution in [-0.2, 0) is 25.7 Å². The summed E-state index contributed by atoms with van der Waals surface area (Å²) < 4.78 is 10.5. The number of thioether (sulfide) groups is 1. The van der Waals surface area contributed by atoms with Gasteiger partial charge in [-0.05, 0) is 38.5 Å². The molecule has 0 saturated carbocycles. The van der Waals surface area contributed by atoms with Crippen LogP contribution < -0.4 is 5.32 Å². The number of benzene rings is 1. The zero-order valence-corrected chi connectivity index (χ0v) is 16.6. The van der Waals surface area contributed by atoms with E-state index in [9.17, 15) is 14.4 Å². The Morgan fingerprint density at radius 3 is 2.38 bits per heavy atom. The molecule has 1 amide bonds. The number of carbonyl (C=O) groups excluding carboxylic acids is 3. The highest BCUT2D eigenvalue weighted by Gasteiger charge is 2.26. The van der Waals surface area contributed by atoms with Gasteiger partial charge in [0.05, 0.1) is 0 Å². The van der Waals surface area contributed by atoms with E-state index in [-0.39, 0.29) is 24.6 Å². The Labute approximate surface area is 159 Å². The zero-order valence-electron chi connectivity index (χ0n) is 15.7. The molecule has 6 nitrogen and oxygen atoms in total. The van der Waals surface area contributed by atoms with E-state index in [0.717, 1.165) is 5.56 Å². The van der Waals surface area contributed by atoms with Gasteiger partial charge in [0.2, 0.25) is 0 Å². The van der Waals surface area contributed by atoms with Crippen LogP contribution in [0.25, 0.3) is 0 Å². The fourth-order valence-electron chi connectivity index (χ4n) is 2.02. The number of rotatable bonds is 8. The topological polar surface area (TPSA) is 81.7 Å². The van der Waals surface area contributed by atoms with Crippen LogP contribution in [0, 0.1) is 0 Å². The predicted octanol–water partition coefficient (Wildman–Crippen LogP) is 3.68. The lowest BCUT2D eigenvalue weighted by Crippen LogP contribution is -2.44. The third kappa shape index (κ3) is 9.46. The minimum absolute atomic E-state index is 0.0284. The number of esters is 1. The first-order valence-corrected chi connectivity index (χ1v) is 9.55. The number of ether oxygens (including phenoxy) is 2. The van der Waals surface area contributed by atoms with Crippen molar-refractivity contribution in [3.05, 3.63) is 35.9 Å². The molecular weight excluding hydrogens is 354 g/mol. The second-order valence-corrected chi connectivity index (χ2v) is 7.96. The highest BCUT2D eigenvalue weighted by atomic mass is 32.2. The number of alkyl carbamates (subject to hydrolysis) is 1. The molecule has 144 valence electrons. The van der Waals surface area contributed by atoms with Crippen molar-refractivity contribution >= 4 is 28.9 Å². The largest absolute Gasteiger partial charge is 0.459 e. The number of amides is 1. The lowest BCUT2D eigenvalue weighted by atomic mass is 10.1. The molecule has 26 heavy (non-hydrogen) atoms. The van der Waals surface area contributed by atoms with Crippen molar-refractivity contribution in [1.82, 2.24) is 5.32 Å². The average molecular weight is 381 g/mol. The highest BCUT2D eigenvalue weighted by Crippen LogP contribution is 2.12. The van der Waals surface area contributed by atoms with Crippen molar-refractivity contribution in [3.8, 4) is 0 Å².